The number of Topliss-reactive ketones (excluding diaryl/α,β-unsaturated/α-hetero) is 1. The van der Waals surface area contributed by atoms with E-state index in [1.807, 2.05) is 20.1 Å². The number of hydrogen-bond donors (Lipinski definition) is 2. The fourth-order valence-electron chi connectivity index (χ4n) is 1.45. The molecule has 0 spiro atoms. The molecule has 0 rings (SSSR count). The quantitative estimate of drug-likeness (QED) is 0.627. The molecule has 0 aromatic rings. The molecular formula is C11H22N2O2S. The molecule has 0 radical (unpaired) electrons. The van der Waals surface area contributed by atoms with Crippen LogP contribution in [0.5, 0.6) is 0 Å². The third-order valence-corrected chi connectivity index (χ3v) is 3.68. The SMILES string of the molecule is CCCCC(=O)[C@@](N)(C[C@@H](C)SC)C(N)=O. The van der Waals surface area contributed by atoms with Crippen LogP contribution < -0.4 is 11.5 Å². The maximum Gasteiger partial charge on any atom is 0.245 e. The predicted octanol–water partition coefficient (Wildman–Crippen LogP) is 1.07. The third-order valence-electron chi connectivity index (χ3n) is 2.71. The van der Waals surface area contributed by atoms with Gasteiger partial charge in [0.25, 0.3) is 0 Å². The second-order valence-corrected chi connectivity index (χ2v) is 5.39. The van der Waals surface area contributed by atoms with E-state index < -0.39 is 11.4 Å². The van der Waals surface area contributed by atoms with Gasteiger partial charge in [0, 0.05) is 11.7 Å². The number of ketones is 1. The van der Waals surface area contributed by atoms with Crippen molar-refractivity contribution in [3.63, 3.8) is 0 Å². The van der Waals surface area contributed by atoms with Crippen LogP contribution in [-0.4, -0.2) is 28.7 Å². The van der Waals surface area contributed by atoms with Crippen molar-refractivity contribution < 1.29 is 9.59 Å². The standard InChI is InChI=1S/C11H22N2O2S/c1-4-5-6-9(14)11(13,10(12)15)7-8(2)16-3/h8H,4-7,13H2,1-3H3,(H2,12,15)/t8-,11+/m1/s1. The van der Waals surface area contributed by atoms with E-state index in [4.69, 9.17) is 11.5 Å². The molecule has 0 unspecified atom stereocenters. The summed E-state index contributed by atoms with van der Waals surface area (Å²) in [5.41, 5.74) is 9.63. The Morgan fingerprint density at radius 2 is 2.00 bits per heavy atom. The lowest BCUT2D eigenvalue weighted by molar-refractivity contribution is -0.134. The predicted molar refractivity (Wildman–Crippen MR) is 68.2 cm³/mol. The molecule has 0 saturated heterocycles. The molecule has 0 aromatic heterocycles. The van der Waals surface area contributed by atoms with Gasteiger partial charge in [0.15, 0.2) is 11.3 Å². The Morgan fingerprint density at radius 1 is 1.44 bits per heavy atom. The molecule has 0 saturated carbocycles. The summed E-state index contributed by atoms with van der Waals surface area (Å²) in [7, 11) is 0. The fraction of sp³-hybridized carbons (Fsp3) is 0.818. The minimum Gasteiger partial charge on any atom is -0.368 e. The van der Waals surface area contributed by atoms with Crippen molar-refractivity contribution in [1.29, 1.82) is 0 Å². The van der Waals surface area contributed by atoms with Crippen LogP contribution in [0.15, 0.2) is 0 Å². The molecule has 1 amide bonds. The maximum atomic E-state index is 11.9. The van der Waals surface area contributed by atoms with E-state index in [-0.39, 0.29) is 11.0 Å². The number of unbranched alkanes of at least 4 members (excludes halogenated alkanes) is 1. The second kappa shape index (κ2) is 6.91. The van der Waals surface area contributed by atoms with Crippen molar-refractivity contribution in [2.75, 3.05) is 6.26 Å². The lowest BCUT2D eigenvalue weighted by atomic mass is 9.86. The maximum absolute atomic E-state index is 11.9. The topological polar surface area (TPSA) is 86.2 Å². The average Bonchev–Trinajstić information content (AvgIpc) is 2.24. The second-order valence-electron chi connectivity index (χ2n) is 4.11. The molecule has 0 bridgehead atoms. The van der Waals surface area contributed by atoms with Gasteiger partial charge in [-0.1, -0.05) is 20.3 Å². The van der Waals surface area contributed by atoms with Gasteiger partial charge in [0.2, 0.25) is 5.91 Å². The van der Waals surface area contributed by atoms with Gasteiger partial charge in [0.05, 0.1) is 0 Å². The average molecular weight is 246 g/mol. The van der Waals surface area contributed by atoms with Crippen molar-refractivity contribution in [2.24, 2.45) is 11.5 Å². The zero-order chi connectivity index (χ0) is 12.8. The molecule has 0 aliphatic rings. The van der Waals surface area contributed by atoms with Crippen molar-refractivity contribution in [1.82, 2.24) is 0 Å². The summed E-state index contributed by atoms with van der Waals surface area (Å²) < 4.78 is 0. The number of carbonyl (C=O) groups excluding carboxylic acids is 2. The third kappa shape index (κ3) is 4.14. The minimum atomic E-state index is -1.49. The van der Waals surface area contributed by atoms with E-state index in [1.54, 1.807) is 11.8 Å². The first-order valence-electron chi connectivity index (χ1n) is 5.53. The number of thioether (sulfide) groups is 1. The van der Waals surface area contributed by atoms with Gasteiger partial charge < -0.3 is 11.5 Å². The van der Waals surface area contributed by atoms with Crippen LogP contribution in [0.4, 0.5) is 0 Å². The summed E-state index contributed by atoms with van der Waals surface area (Å²) in [5.74, 6) is -0.947. The Morgan fingerprint density at radius 3 is 2.38 bits per heavy atom. The molecule has 16 heavy (non-hydrogen) atoms. The van der Waals surface area contributed by atoms with Crippen LogP contribution in [0.25, 0.3) is 0 Å². The molecule has 0 heterocycles. The molecule has 94 valence electrons. The molecule has 2 atom stereocenters. The zero-order valence-electron chi connectivity index (χ0n) is 10.3. The van der Waals surface area contributed by atoms with Crippen LogP contribution in [-0.2, 0) is 9.59 Å². The van der Waals surface area contributed by atoms with Gasteiger partial charge in [-0.15, -0.1) is 0 Å². The van der Waals surface area contributed by atoms with Crippen molar-refractivity contribution >= 4 is 23.5 Å². The first kappa shape index (κ1) is 15.4. The number of carbonyl (C=O) groups is 2. The summed E-state index contributed by atoms with van der Waals surface area (Å²) in [5, 5.41) is 0.142. The van der Waals surface area contributed by atoms with Crippen molar-refractivity contribution in [3.05, 3.63) is 0 Å². The normalized spacial score (nSPS) is 16.5. The first-order valence-corrected chi connectivity index (χ1v) is 6.82. The lowest BCUT2D eigenvalue weighted by Gasteiger charge is -2.26. The van der Waals surface area contributed by atoms with E-state index in [1.165, 1.54) is 0 Å². The number of hydrogen-bond acceptors (Lipinski definition) is 4. The highest BCUT2D eigenvalue weighted by Gasteiger charge is 2.40. The molecule has 0 fully saturated rings. The van der Waals surface area contributed by atoms with Crippen LogP contribution in [0.3, 0.4) is 0 Å². The Kier molecular flexibility index (Phi) is 6.67. The summed E-state index contributed by atoms with van der Waals surface area (Å²) in [6.45, 7) is 3.92. The van der Waals surface area contributed by atoms with Crippen molar-refractivity contribution in [2.45, 2.75) is 50.3 Å². The highest BCUT2D eigenvalue weighted by Crippen LogP contribution is 2.21. The highest BCUT2D eigenvalue weighted by atomic mass is 32.2. The summed E-state index contributed by atoms with van der Waals surface area (Å²) in [6.07, 6.45) is 4.21. The fourth-order valence-corrected chi connectivity index (χ4v) is 1.88. The summed E-state index contributed by atoms with van der Waals surface area (Å²) >= 11 is 1.57. The molecule has 0 aliphatic heterocycles. The largest absolute Gasteiger partial charge is 0.368 e. The number of rotatable bonds is 8. The van der Waals surface area contributed by atoms with Crippen LogP contribution >= 0.6 is 11.8 Å². The Bertz CT molecular complexity index is 258. The van der Waals surface area contributed by atoms with Crippen LogP contribution in [0, 0.1) is 0 Å². The van der Waals surface area contributed by atoms with Gasteiger partial charge in [-0.05, 0) is 19.1 Å². The van der Waals surface area contributed by atoms with Crippen LogP contribution in [0.2, 0.25) is 0 Å². The van der Waals surface area contributed by atoms with E-state index in [2.05, 4.69) is 0 Å². The Balaban J connectivity index is 4.68. The van der Waals surface area contributed by atoms with Crippen LogP contribution in [0.1, 0.15) is 39.5 Å². The lowest BCUT2D eigenvalue weighted by Crippen LogP contribution is -2.59. The van der Waals surface area contributed by atoms with E-state index in [9.17, 15) is 9.59 Å². The van der Waals surface area contributed by atoms with E-state index in [0.29, 0.717) is 12.8 Å². The molecule has 4 N–H and O–H groups in total. The van der Waals surface area contributed by atoms with E-state index >= 15 is 0 Å². The molecule has 4 nitrogen and oxygen atoms in total. The number of nitrogens with two attached hydrogens (primary N) is 2. The van der Waals surface area contributed by atoms with Gasteiger partial charge in [0.1, 0.15) is 0 Å². The van der Waals surface area contributed by atoms with Gasteiger partial charge in [-0.2, -0.15) is 11.8 Å². The minimum absolute atomic E-state index is 0.142. The van der Waals surface area contributed by atoms with Gasteiger partial charge >= 0.3 is 0 Å². The number of primary amides is 1. The van der Waals surface area contributed by atoms with E-state index in [0.717, 1.165) is 12.8 Å². The van der Waals surface area contributed by atoms with Gasteiger partial charge in [-0.3, -0.25) is 9.59 Å². The van der Waals surface area contributed by atoms with Crippen molar-refractivity contribution in [3.8, 4) is 0 Å². The zero-order valence-corrected chi connectivity index (χ0v) is 11.1. The number of amides is 1. The first-order chi connectivity index (χ1) is 7.38. The molecule has 5 heteroatoms. The monoisotopic (exact) mass is 246 g/mol. The summed E-state index contributed by atoms with van der Waals surface area (Å²) in [4.78, 5) is 23.2. The molecule has 0 aliphatic carbocycles. The van der Waals surface area contributed by atoms with Gasteiger partial charge in [-0.25, -0.2) is 0 Å². The smallest absolute Gasteiger partial charge is 0.245 e. The summed E-state index contributed by atoms with van der Waals surface area (Å²) in [6, 6.07) is 0. The molecular weight excluding hydrogens is 224 g/mol. The molecule has 0 aromatic carbocycles. The highest BCUT2D eigenvalue weighted by molar-refractivity contribution is 7.99. The Labute approximate surface area is 102 Å². The Hall–Kier alpha value is -0.550.